The number of methoxy groups -OCH3 is 1. The van der Waals surface area contributed by atoms with Gasteiger partial charge in [-0.25, -0.2) is 9.18 Å². The molecule has 0 atom stereocenters. The molecule has 2 rings (SSSR count). The molecule has 0 bridgehead atoms. The van der Waals surface area contributed by atoms with Crippen molar-refractivity contribution in [2.45, 2.75) is 6.54 Å². The van der Waals surface area contributed by atoms with E-state index in [1.165, 1.54) is 49.7 Å². The molecular formula is C15H13FN2O4. The van der Waals surface area contributed by atoms with E-state index < -0.39 is 23.3 Å². The quantitative estimate of drug-likeness (QED) is 0.866. The summed E-state index contributed by atoms with van der Waals surface area (Å²) in [6.07, 6.45) is 1.25. The third-order valence-electron chi connectivity index (χ3n) is 2.85. The van der Waals surface area contributed by atoms with Crippen molar-refractivity contribution >= 4 is 17.6 Å². The fraction of sp³-hybridized carbons (Fsp3) is 0.133. The number of pyridine rings is 1. The van der Waals surface area contributed by atoms with E-state index in [1.807, 2.05) is 0 Å². The fourth-order valence-electron chi connectivity index (χ4n) is 1.78. The van der Waals surface area contributed by atoms with Gasteiger partial charge in [-0.2, -0.15) is 0 Å². The van der Waals surface area contributed by atoms with Crippen LogP contribution in [0.15, 0.2) is 47.4 Å². The lowest BCUT2D eigenvalue weighted by Crippen LogP contribution is -2.27. The van der Waals surface area contributed by atoms with Crippen molar-refractivity contribution in [1.82, 2.24) is 4.57 Å². The Bertz CT molecular complexity index is 753. The molecule has 1 aromatic heterocycles. The number of amides is 1. The Balaban J connectivity index is 2.12. The van der Waals surface area contributed by atoms with Crippen LogP contribution in [0.5, 0.6) is 0 Å². The summed E-state index contributed by atoms with van der Waals surface area (Å²) in [6.45, 7) is -0.277. The lowest BCUT2D eigenvalue weighted by atomic mass is 10.3. The summed E-state index contributed by atoms with van der Waals surface area (Å²) in [6, 6.07) is 7.72. The molecule has 2 aromatic rings. The Morgan fingerprint density at radius 1 is 1.18 bits per heavy atom. The van der Waals surface area contributed by atoms with Gasteiger partial charge in [0, 0.05) is 18.0 Å². The highest BCUT2D eigenvalue weighted by Crippen LogP contribution is 2.08. The van der Waals surface area contributed by atoms with Gasteiger partial charge in [-0.05, 0) is 30.3 Å². The van der Waals surface area contributed by atoms with Gasteiger partial charge >= 0.3 is 5.97 Å². The third kappa shape index (κ3) is 3.78. The zero-order chi connectivity index (χ0) is 16.1. The molecule has 0 aliphatic rings. The highest BCUT2D eigenvalue weighted by molar-refractivity contribution is 5.91. The van der Waals surface area contributed by atoms with Gasteiger partial charge in [-0.1, -0.05) is 0 Å². The van der Waals surface area contributed by atoms with Crippen LogP contribution in [0.1, 0.15) is 10.4 Å². The molecule has 0 unspecified atom stereocenters. The van der Waals surface area contributed by atoms with Gasteiger partial charge in [-0.15, -0.1) is 0 Å². The predicted molar refractivity (Wildman–Crippen MR) is 77.1 cm³/mol. The zero-order valence-electron chi connectivity index (χ0n) is 11.7. The largest absolute Gasteiger partial charge is 0.465 e. The summed E-state index contributed by atoms with van der Waals surface area (Å²) >= 11 is 0. The van der Waals surface area contributed by atoms with Crippen LogP contribution in [0.3, 0.4) is 0 Å². The van der Waals surface area contributed by atoms with E-state index in [9.17, 15) is 18.8 Å². The number of nitrogens with zero attached hydrogens (tertiary/aromatic N) is 1. The topological polar surface area (TPSA) is 77.4 Å². The molecule has 0 saturated heterocycles. The molecule has 22 heavy (non-hydrogen) atoms. The van der Waals surface area contributed by atoms with Gasteiger partial charge in [0.05, 0.1) is 12.7 Å². The Kier molecular flexibility index (Phi) is 4.67. The number of carbonyl (C=O) groups is 2. The van der Waals surface area contributed by atoms with Crippen LogP contribution in [0.2, 0.25) is 0 Å². The number of rotatable bonds is 4. The second-order valence-corrected chi connectivity index (χ2v) is 4.43. The first-order chi connectivity index (χ1) is 10.5. The number of carbonyl (C=O) groups excluding carboxylic acids is 2. The highest BCUT2D eigenvalue weighted by Gasteiger charge is 2.10. The molecule has 0 radical (unpaired) electrons. The number of aromatic nitrogens is 1. The maximum absolute atomic E-state index is 12.8. The minimum absolute atomic E-state index is 0.164. The summed E-state index contributed by atoms with van der Waals surface area (Å²) < 4.78 is 18.4. The van der Waals surface area contributed by atoms with E-state index in [4.69, 9.17) is 0 Å². The first-order valence-corrected chi connectivity index (χ1v) is 6.34. The van der Waals surface area contributed by atoms with Gasteiger partial charge in [0.1, 0.15) is 12.4 Å². The predicted octanol–water partition coefficient (Wildman–Crippen LogP) is 1.41. The second-order valence-electron chi connectivity index (χ2n) is 4.43. The van der Waals surface area contributed by atoms with E-state index in [1.54, 1.807) is 0 Å². The van der Waals surface area contributed by atoms with E-state index in [0.29, 0.717) is 5.69 Å². The molecule has 6 nitrogen and oxygen atoms in total. The summed E-state index contributed by atoms with van der Waals surface area (Å²) in [4.78, 5) is 35.0. The first kappa shape index (κ1) is 15.4. The molecule has 0 fully saturated rings. The normalized spacial score (nSPS) is 10.1. The zero-order valence-corrected chi connectivity index (χ0v) is 11.7. The van der Waals surface area contributed by atoms with Crippen LogP contribution >= 0.6 is 0 Å². The van der Waals surface area contributed by atoms with E-state index in [-0.39, 0.29) is 12.1 Å². The molecular weight excluding hydrogens is 291 g/mol. The van der Waals surface area contributed by atoms with E-state index in [0.717, 1.165) is 4.57 Å². The lowest BCUT2D eigenvalue weighted by molar-refractivity contribution is -0.116. The molecule has 0 aliphatic carbocycles. The molecule has 7 heteroatoms. The standard InChI is InChI=1S/C15H13FN2O4/c1-22-15(21)10-2-7-14(20)18(8-10)9-13(19)17-12-5-3-11(16)4-6-12/h2-8H,9H2,1H3,(H,17,19). The van der Waals surface area contributed by atoms with Crippen molar-refractivity contribution in [3.8, 4) is 0 Å². The van der Waals surface area contributed by atoms with E-state index >= 15 is 0 Å². The monoisotopic (exact) mass is 304 g/mol. The number of nitrogens with one attached hydrogen (secondary N) is 1. The maximum Gasteiger partial charge on any atom is 0.339 e. The first-order valence-electron chi connectivity index (χ1n) is 6.34. The highest BCUT2D eigenvalue weighted by atomic mass is 19.1. The summed E-state index contributed by atoms with van der Waals surface area (Å²) in [5, 5.41) is 2.53. The Morgan fingerprint density at radius 2 is 1.86 bits per heavy atom. The fourth-order valence-corrected chi connectivity index (χ4v) is 1.78. The average Bonchev–Trinajstić information content (AvgIpc) is 2.51. The maximum atomic E-state index is 12.8. The molecule has 0 saturated carbocycles. The van der Waals surface area contributed by atoms with E-state index in [2.05, 4.69) is 10.1 Å². The number of esters is 1. The number of hydrogen-bond acceptors (Lipinski definition) is 4. The van der Waals surface area contributed by atoms with Crippen LogP contribution in [0.4, 0.5) is 10.1 Å². The number of benzene rings is 1. The Labute approximate surface area is 125 Å². The SMILES string of the molecule is COC(=O)c1ccc(=O)n(CC(=O)Nc2ccc(F)cc2)c1. The average molecular weight is 304 g/mol. The summed E-state index contributed by atoms with van der Waals surface area (Å²) in [7, 11) is 1.22. The van der Waals surface area contributed by atoms with Gasteiger partial charge in [0.25, 0.3) is 5.56 Å². The van der Waals surface area contributed by atoms with Crippen molar-refractivity contribution in [3.63, 3.8) is 0 Å². The number of anilines is 1. The molecule has 0 aliphatic heterocycles. The third-order valence-corrected chi connectivity index (χ3v) is 2.85. The van der Waals surface area contributed by atoms with Crippen molar-refractivity contribution in [3.05, 3.63) is 64.3 Å². The Hall–Kier alpha value is -2.96. The smallest absolute Gasteiger partial charge is 0.339 e. The Morgan fingerprint density at radius 3 is 2.50 bits per heavy atom. The second kappa shape index (κ2) is 6.66. The van der Waals surface area contributed by atoms with Crippen LogP contribution in [-0.2, 0) is 16.1 Å². The molecule has 1 aromatic carbocycles. The van der Waals surface area contributed by atoms with Gasteiger partial charge in [-0.3, -0.25) is 9.59 Å². The van der Waals surface area contributed by atoms with Gasteiger partial charge in [0.15, 0.2) is 0 Å². The minimum Gasteiger partial charge on any atom is -0.465 e. The number of hydrogen-bond donors (Lipinski definition) is 1. The van der Waals surface area contributed by atoms with Crippen LogP contribution in [0, 0.1) is 5.82 Å². The van der Waals surface area contributed by atoms with Crippen LogP contribution < -0.4 is 10.9 Å². The van der Waals surface area contributed by atoms with Gasteiger partial charge in [0.2, 0.25) is 5.91 Å². The molecule has 114 valence electrons. The van der Waals surface area contributed by atoms with Crippen molar-refractivity contribution in [2.75, 3.05) is 12.4 Å². The lowest BCUT2D eigenvalue weighted by Gasteiger charge is -2.08. The number of ether oxygens (including phenoxy) is 1. The summed E-state index contributed by atoms with van der Waals surface area (Å²) in [5.41, 5.74) is 0.141. The van der Waals surface area contributed by atoms with Crippen molar-refractivity contribution in [2.24, 2.45) is 0 Å². The number of halogens is 1. The summed E-state index contributed by atoms with van der Waals surface area (Å²) in [5.74, 6) is -1.50. The van der Waals surface area contributed by atoms with Gasteiger partial charge < -0.3 is 14.6 Å². The molecule has 1 N–H and O–H groups in total. The van der Waals surface area contributed by atoms with Crippen molar-refractivity contribution in [1.29, 1.82) is 0 Å². The minimum atomic E-state index is -0.604. The molecule has 1 heterocycles. The molecule has 1 amide bonds. The van der Waals surface area contributed by atoms with Crippen LogP contribution in [0.25, 0.3) is 0 Å². The van der Waals surface area contributed by atoms with Crippen molar-refractivity contribution < 1.29 is 18.7 Å². The van der Waals surface area contributed by atoms with Crippen LogP contribution in [-0.4, -0.2) is 23.6 Å². The molecule has 0 spiro atoms.